The van der Waals surface area contributed by atoms with E-state index in [-0.39, 0.29) is 11.8 Å². The number of benzene rings is 1. The molecule has 0 aliphatic carbocycles. The molecule has 6 heteroatoms. The van der Waals surface area contributed by atoms with Crippen molar-refractivity contribution in [2.24, 2.45) is 5.92 Å². The second-order valence-electron chi connectivity index (χ2n) is 6.92. The first-order valence-corrected chi connectivity index (χ1v) is 9.25. The van der Waals surface area contributed by atoms with Crippen molar-refractivity contribution in [1.29, 1.82) is 0 Å². The Balaban J connectivity index is 1.66. The number of nitrogens with one attached hydrogen (secondary N) is 1. The van der Waals surface area contributed by atoms with E-state index in [9.17, 15) is 4.79 Å². The molecule has 2 aliphatic heterocycles. The molecule has 1 unspecified atom stereocenters. The SMILES string of the molecule is CCNC(=O)C1CCN(c2nc(C)nc3c2Cc2ccccc2OC3)C1. The van der Waals surface area contributed by atoms with Crippen molar-refractivity contribution in [3.63, 3.8) is 0 Å². The zero-order valence-corrected chi connectivity index (χ0v) is 15.3. The van der Waals surface area contributed by atoms with Crippen LogP contribution in [0.25, 0.3) is 0 Å². The minimum atomic E-state index is 0.0233. The van der Waals surface area contributed by atoms with E-state index in [1.165, 1.54) is 0 Å². The molecule has 2 aliphatic rings. The molecule has 4 rings (SSSR count). The second kappa shape index (κ2) is 6.94. The van der Waals surface area contributed by atoms with E-state index in [2.05, 4.69) is 21.3 Å². The number of hydrogen-bond acceptors (Lipinski definition) is 5. The van der Waals surface area contributed by atoms with Gasteiger partial charge in [0.25, 0.3) is 0 Å². The molecule has 0 spiro atoms. The Morgan fingerprint density at radius 3 is 3.04 bits per heavy atom. The van der Waals surface area contributed by atoms with Gasteiger partial charge in [-0.1, -0.05) is 18.2 Å². The van der Waals surface area contributed by atoms with E-state index in [1.807, 2.05) is 32.0 Å². The van der Waals surface area contributed by atoms with Crippen LogP contribution in [-0.4, -0.2) is 35.5 Å². The maximum Gasteiger partial charge on any atom is 0.224 e. The van der Waals surface area contributed by atoms with Gasteiger partial charge in [0.1, 0.15) is 24.0 Å². The minimum Gasteiger partial charge on any atom is -0.487 e. The Kier molecular flexibility index (Phi) is 4.49. The van der Waals surface area contributed by atoms with Gasteiger partial charge in [0.05, 0.1) is 11.6 Å². The van der Waals surface area contributed by atoms with Crippen LogP contribution in [0.1, 0.15) is 36.0 Å². The van der Waals surface area contributed by atoms with Crippen molar-refractivity contribution in [3.05, 3.63) is 46.9 Å². The Morgan fingerprint density at radius 2 is 2.19 bits per heavy atom. The van der Waals surface area contributed by atoms with Crippen LogP contribution >= 0.6 is 0 Å². The molecule has 1 atom stereocenters. The summed E-state index contributed by atoms with van der Waals surface area (Å²) >= 11 is 0. The van der Waals surface area contributed by atoms with Gasteiger partial charge in [-0.05, 0) is 31.9 Å². The molecule has 1 aromatic heterocycles. The zero-order valence-electron chi connectivity index (χ0n) is 15.3. The molecular formula is C20H24N4O2. The monoisotopic (exact) mass is 352 g/mol. The van der Waals surface area contributed by atoms with Crippen molar-refractivity contribution >= 4 is 11.7 Å². The van der Waals surface area contributed by atoms with Crippen LogP contribution in [0.5, 0.6) is 5.75 Å². The number of nitrogens with zero attached hydrogens (tertiary/aromatic N) is 3. The molecule has 1 aromatic carbocycles. The molecule has 0 radical (unpaired) electrons. The normalized spacial score (nSPS) is 18.5. The summed E-state index contributed by atoms with van der Waals surface area (Å²) in [6.45, 7) is 6.54. The van der Waals surface area contributed by atoms with Gasteiger partial charge in [-0.2, -0.15) is 0 Å². The molecule has 1 N–H and O–H groups in total. The number of hydrogen-bond donors (Lipinski definition) is 1. The highest BCUT2D eigenvalue weighted by Crippen LogP contribution is 2.34. The highest BCUT2D eigenvalue weighted by atomic mass is 16.5. The van der Waals surface area contributed by atoms with E-state index in [4.69, 9.17) is 9.72 Å². The molecule has 6 nitrogen and oxygen atoms in total. The predicted molar refractivity (Wildman–Crippen MR) is 99.4 cm³/mol. The van der Waals surface area contributed by atoms with E-state index in [0.717, 1.165) is 53.6 Å². The summed E-state index contributed by atoms with van der Waals surface area (Å²) < 4.78 is 5.97. The van der Waals surface area contributed by atoms with Crippen molar-refractivity contribution in [2.75, 3.05) is 24.5 Å². The third-order valence-corrected chi connectivity index (χ3v) is 5.10. The molecule has 3 heterocycles. The highest BCUT2D eigenvalue weighted by molar-refractivity contribution is 5.80. The summed E-state index contributed by atoms with van der Waals surface area (Å²) in [5, 5.41) is 2.94. The van der Waals surface area contributed by atoms with Crippen LogP contribution in [0.4, 0.5) is 5.82 Å². The first-order chi connectivity index (χ1) is 12.7. The topological polar surface area (TPSA) is 67.4 Å². The summed E-state index contributed by atoms with van der Waals surface area (Å²) in [6.07, 6.45) is 1.61. The number of anilines is 1. The number of fused-ring (bicyclic) bond motifs is 2. The lowest BCUT2D eigenvalue weighted by molar-refractivity contribution is -0.124. The van der Waals surface area contributed by atoms with Crippen LogP contribution in [0.3, 0.4) is 0 Å². The van der Waals surface area contributed by atoms with Crippen molar-refractivity contribution in [3.8, 4) is 5.75 Å². The van der Waals surface area contributed by atoms with Gasteiger partial charge in [-0.15, -0.1) is 0 Å². The number of carbonyl (C=O) groups excluding carboxylic acids is 1. The third kappa shape index (κ3) is 3.11. The first kappa shape index (κ1) is 16.8. The van der Waals surface area contributed by atoms with Crippen LogP contribution in [0.2, 0.25) is 0 Å². The van der Waals surface area contributed by atoms with Crippen LogP contribution in [0, 0.1) is 12.8 Å². The average molecular weight is 352 g/mol. The van der Waals surface area contributed by atoms with Gasteiger partial charge < -0.3 is 15.0 Å². The molecule has 136 valence electrons. The van der Waals surface area contributed by atoms with E-state index in [1.54, 1.807) is 0 Å². The average Bonchev–Trinajstić information content (AvgIpc) is 3.05. The number of rotatable bonds is 3. The summed E-state index contributed by atoms with van der Waals surface area (Å²) in [6, 6.07) is 8.12. The fraction of sp³-hybridized carbons (Fsp3) is 0.450. The lowest BCUT2D eigenvalue weighted by atomic mass is 10.0. The van der Waals surface area contributed by atoms with Gasteiger partial charge in [-0.25, -0.2) is 9.97 Å². The highest BCUT2D eigenvalue weighted by Gasteiger charge is 2.31. The van der Waals surface area contributed by atoms with E-state index in [0.29, 0.717) is 19.7 Å². The lowest BCUT2D eigenvalue weighted by Gasteiger charge is -2.22. The zero-order chi connectivity index (χ0) is 18.1. The Morgan fingerprint density at radius 1 is 1.35 bits per heavy atom. The maximum absolute atomic E-state index is 12.2. The van der Waals surface area contributed by atoms with Crippen LogP contribution in [-0.2, 0) is 17.8 Å². The number of ether oxygens (including phenoxy) is 1. The molecule has 2 aromatic rings. The van der Waals surface area contributed by atoms with Gasteiger partial charge in [0, 0.05) is 31.6 Å². The number of carbonyl (C=O) groups is 1. The molecule has 0 saturated carbocycles. The number of aryl methyl sites for hydroxylation is 1. The Bertz CT molecular complexity index is 837. The number of aromatic nitrogens is 2. The minimum absolute atomic E-state index is 0.0233. The van der Waals surface area contributed by atoms with Crippen LogP contribution < -0.4 is 15.0 Å². The van der Waals surface area contributed by atoms with Gasteiger partial charge in [0.2, 0.25) is 5.91 Å². The second-order valence-corrected chi connectivity index (χ2v) is 6.92. The van der Waals surface area contributed by atoms with Gasteiger partial charge in [-0.3, -0.25) is 4.79 Å². The van der Waals surface area contributed by atoms with E-state index < -0.39 is 0 Å². The molecule has 1 fully saturated rings. The molecule has 0 bridgehead atoms. The number of para-hydroxylation sites is 1. The number of amides is 1. The summed E-state index contributed by atoms with van der Waals surface area (Å²) in [5.41, 5.74) is 3.22. The maximum atomic E-state index is 12.2. The smallest absolute Gasteiger partial charge is 0.224 e. The van der Waals surface area contributed by atoms with E-state index >= 15 is 0 Å². The summed E-state index contributed by atoms with van der Waals surface area (Å²) in [5.74, 6) is 2.78. The Labute approximate surface area is 153 Å². The van der Waals surface area contributed by atoms with Crippen molar-refractivity contribution in [1.82, 2.24) is 15.3 Å². The fourth-order valence-electron chi connectivity index (χ4n) is 3.81. The standard InChI is InChI=1S/C20H24N4O2/c1-3-21-20(25)15-8-9-24(11-15)19-16-10-14-6-4-5-7-18(14)26-12-17(16)22-13(2)23-19/h4-7,15H,3,8-12H2,1-2H3,(H,21,25). The summed E-state index contributed by atoms with van der Waals surface area (Å²) in [4.78, 5) is 23.8. The van der Waals surface area contributed by atoms with Gasteiger partial charge >= 0.3 is 0 Å². The molecule has 1 amide bonds. The van der Waals surface area contributed by atoms with Gasteiger partial charge in [0.15, 0.2) is 0 Å². The third-order valence-electron chi connectivity index (χ3n) is 5.10. The summed E-state index contributed by atoms with van der Waals surface area (Å²) in [7, 11) is 0. The quantitative estimate of drug-likeness (QED) is 0.917. The molecule has 26 heavy (non-hydrogen) atoms. The van der Waals surface area contributed by atoms with Crippen molar-refractivity contribution in [2.45, 2.75) is 33.3 Å². The Hall–Kier alpha value is -2.63. The first-order valence-electron chi connectivity index (χ1n) is 9.25. The molecular weight excluding hydrogens is 328 g/mol. The fourth-order valence-corrected chi connectivity index (χ4v) is 3.81. The van der Waals surface area contributed by atoms with Crippen molar-refractivity contribution < 1.29 is 9.53 Å². The molecule has 1 saturated heterocycles. The largest absolute Gasteiger partial charge is 0.487 e. The van der Waals surface area contributed by atoms with Crippen LogP contribution in [0.15, 0.2) is 24.3 Å². The predicted octanol–water partition coefficient (Wildman–Crippen LogP) is 2.23. The lowest BCUT2D eigenvalue weighted by Crippen LogP contribution is -2.33.